The lowest BCUT2D eigenvalue weighted by Crippen LogP contribution is -2.15. The number of esters is 1. The summed E-state index contributed by atoms with van der Waals surface area (Å²) in [4.78, 5) is 12.4. The Kier molecular flexibility index (Phi) is 4.43. The number of benzene rings is 1. The molecule has 0 atom stereocenters. The molecule has 0 amide bonds. The summed E-state index contributed by atoms with van der Waals surface area (Å²) < 4.78 is 16.5. The van der Waals surface area contributed by atoms with Gasteiger partial charge < -0.3 is 19.9 Å². The van der Waals surface area contributed by atoms with Crippen molar-refractivity contribution < 1.29 is 19.0 Å². The van der Waals surface area contributed by atoms with Crippen LogP contribution in [-0.4, -0.2) is 25.8 Å². The summed E-state index contributed by atoms with van der Waals surface area (Å²) in [6.07, 6.45) is 0. The lowest BCUT2D eigenvalue weighted by Gasteiger charge is -2.19. The van der Waals surface area contributed by atoms with Gasteiger partial charge in [0.05, 0.1) is 6.61 Å². The van der Waals surface area contributed by atoms with E-state index in [9.17, 15) is 4.79 Å². The standard InChI is InChI=1S/C17H19NO4S/c1-10(2)8-22-17(19)15-12(9-23-16(15)18)11-3-4-13-14(7-11)21-6-5-20-13/h3-4,7,9-10H,5-6,8,18H2,1-2H3. The second kappa shape index (κ2) is 6.50. The van der Waals surface area contributed by atoms with E-state index in [0.29, 0.717) is 41.9 Å². The first-order valence-electron chi connectivity index (χ1n) is 7.50. The minimum absolute atomic E-state index is 0.275. The Bertz CT molecular complexity index is 723. The third kappa shape index (κ3) is 3.27. The molecule has 3 rings (SSSR count). The first kappa shape index (κ1) is 15.7. The smallest absolute Gasteiger partial charge is 0.341 e. The zero-order chi connectivity index (χ0) is 16.4. The molecule has 2 heterocycles. The summed E-state index contributed by atoms with van der Waals surface area (Å²) in [6, 6.07) is 5.62. The van der Waals surface area contributed by atoms with Gasteiger partial charge in [0.15, 0.2) is 11.5 Å². The molecule has 1 aliphatic heterocycles. The number of rotatable bonds is 4. The number of carbonyl (C=O) groups excluding carboxylic acids is 1. The average Bonchev–Trinajstić information content (AvgIpc) is 2.94. The summed E-state index contributed by atoms with van der Waals surface area (Å²) in [5, 5.41) is 2.33. The molecular weight excluding hydrogens is 314 g/mol. The molecule has 5 nitrogen and oxygen atoms in total. The highest BCUT2D eigenvalue weighted by molar-refractivity contribution is 7.14. The largest absolute Gasteiger partial charge is 0.486 e. The summed E-state index contributed by atoms with van der Waals surface area (Å²) in [5.74, 6) is 1.28. The first-order valence-corrected chi connectivity index (χ1v) is 8.38. The summed E-state index contributed by atoms with van der Waals surface area (Å²) >= 11 is 1.33. The fraction of sp³-hybridized carbons (Fsp3) is 0.353. The maximum Gasteiger partial charge on any atom is 0.341 e. The third-order valence-electron chi connectivity index (χ3n) is 3.42. The van der Waals surface area contributed by atoms with Gasteiger partial charge in [0, 0.05) is 10.9 Å². The molecule has 1 aromatic heterocycles. The van der Waals surface area contributed by atoms with Gasteiger partial charge in [-0.3, -0.25) is 0 Å². The minimum atomic E-state index is -0.387. The maximum atomic E-state index is 12.4. The number of nitrogens with two attached hydrogens (primary N) is 1. The van der Waals surface area contributed by atoms with E-state index < -0.39 is 0 Å². The Labute approximate surface area is 139 Å². The Morgan fingerprint density at radius 1 is 1.30 bits per heavy atom. The van der Waals surface area contributed by atoms with E-state index in [1.54, 1.807) is 0 Å². The minimum Gasteiger partial charge on any atom is -0.486 e. The van der Waals surface area contributed by atoms with Gasteiger partial charge >= 0.3 is 5.97 Å². The van der Waals surface area contributed by atoms with Crippen LogP contribution in [0, 0.1) is 5.92 Å². The van der Waals surface area contributed by atoms with E-state index in [2.05, 4.69) is 0 Å². The highest BCUT2D eigenvalue weighted by Crippen LogP contribution is 2.39. The SMILES string of the molecule is CC(C)COC(=O)c1c(-c2ccc3c(c2)OCCO3)csc1N. The van der Waals surface area contributed by atoms with Crippen LogP contribution in [0.15, 0.2) is 23.6 Å². The van der Waals surface area contributed by atoms with Gasteiger partial charge in [-0.15, -0.1) is 11.3 Å². The number of anilines is 1. The van der Waals surface area contributed by atoms with Crippen molar-refractivity contribution in [2.75, 3.05) is 25.6 Å². The molecule has 0 radical (unpaired) electrons. The van der Waals surface area contributed by atoms with E-state index >= 15 is 0 Å². The number of ether oxygens (including phenoxy) is 3. The molecule has 0 unspecified atom stereocenters. The average molecular weight is 333 g/mol. The Morgan fingerprint density at radius 2 is 2.04 bits per heavy atom. The fourth-order valence-corrected chi connectivity index (χ4v) is 3.13. The zero-order valence-electron chi connectivity index (χ0n) is 13.1. The van der Waals surface area contributed by atoms with Gasteiger partial charge in [-0.25, -0.2) is 4.79 Å². The molecule has 0 bridgehead atoms. The van der Waals surface area contributed by atoms with Crippen LogP contribution < -0.4 is 15.2 Å². The third-order valence-corrected chi connectivity index (χ3v) is 4.24. The quantitative estimate of drug-likeness (QED) is 0.866. The lowest BCUT2D eigenvalue weighted by molar-refractivity contribution is 0.0461. The van der Waals surface area contributed by atoms with Gasteiger partial charge in [-0.1, -0.05) is 19.9 Å². The second-order valence-electron chi connectivity index (χ2n) is 5.74. The molecule has 2 aromatic rings. The molecule has 1 aromatic carbocycles. The molecule has 0 saturated carbocycles. The van der Waals surface area contributed by atoms with Crippen LogP contribution in [0.2, 0.25) is 0 Å². The van der Waals surface area contributed by atoms with Crippen LogP contribution in [0.5, 0.6) is 11.5 Å². The molecule has 2 N–H and O–H groups in total. The summed E-state index contributed by atoms with van der Waals surface area (Å²) in [6.45, 7) is 5.42. The summed E-state index contributed by atoms with van der Waals surface area (Å²) in [5.41, 5.74) is 8.03. The van der Waals surface area contributed by atoms with Crippen molar-refractivity contribution >= 4 is 22.3 Å². The van der Waals surface area contributed by atoms with Gasteiger partial charge in [-0.2, -0.15) is 0 Å². The molecule has 122 valence electrons. The predicted molar refractivity (Wildman–Crippen MR) is 90.3 cm³/mol. The van der Waals surface area contributed by atoms with Crippen molar-refractivity contribution in [1.29, 1.82) is 0 Å². The molecule has 0 aliphatic carbocycles. The molecule has 6 heteroatoms. The monoisotopic (exact) mass is 333 g/mol. The highest BCUT2D eigenvalue weighted by atomic mass is 32.1. The lowest BCUT2D eigenvalue weighted by atomic mass is 10.0. The molecule has 1 aliphatic rings. The van der Waals surface area contributed by atoms with Crippen molar-refractivity contribution in [2.45, 2.75) is 13.8 Å². The fourth-order valence-electron chi connectivity index (χ4n) is 2.32. The molecule has 0 fully saturated rings. The Morgan fingerprint density at radius 3 is 2.78 bits per heavy atom. The van der Waals surface area contributed by atoms with Gasteiger partial charge in [0.1, 0.15) is 23.8 Å². The van der Waals surface area contributed by atoms with Gasteiger partial charge in [0.25, 0.3) is 0 Å². The van der Waals surface area contributed by atoms with E-state index in [4.69, 9.17) is 19.9 Å². The van der Waals surface area contributed by atoms with Crippen LogP contribution in [0.3, 0.4) is 0 Å². The van der Waals surface area contributed by atoms with Crippen LogP contribution in [0.1, 0.15) is 24.2 Å². The van der Waals surface area contributed by atoms with Crippen molar-refractivity contribution in [3.8, 4) is 22.6 Å². The van der Waals surface area contributed by atoms with E-state index in [1.807, 2.05) is 37.4 Å². The topological polar surface area (TPSA) is 70.8 Å². The maximum absolute atomic E-state index is 12.4. The van der Waals surface area contributed by atoms with Gasteiger partial charge in [-0.05, 0) is 23.6 Å². The number of nitrogen functional groups attached to an aromatic ring is 1. The molecular formula is C17H19NO4S. The molecule has 23 heavy (non-hydrogen) atoms. The van der Waals surface area contributed by atoms with E-state index in [0.717, 1.165) is 11.1 Å². The molecule has 0 saturated heterocycles. The number of thiophene rings is 1. The Hall–Kier alpha value is -2.21. The number of carbonyl (C=O) groups is 1. The predicted octanol–water partition coefficient (Wildman–Crippen LogP) is 3.58. The van der Waals surface area contributed by atoms with Crippen molar-refractivity contribution in [3.63, 3.8) is 0 Å². The Balaban J connectivity index is 1.93. The van der Waals surface area contributed by atoms with Crippen LogP contribution in [0.25, 0.3) is 11.1 Å². The zero-order valence-corrected chi connectivity index (χ0v) is 13.9. The van der Waals surface area contributed by atoms with E-state index in [1.165, 1.54) is 11.3 Å². The van der Waals surface area contributed by atoms with Crippen molar-refractivity contribution in [1.82, 2.24) is 0 Å². The normalized spacial score (nSPS) is 13.2. The first-order chi connectivity index (χ1) is 11.1. The number of hydrogen-bond donors (Lipinski definition) is 1. The number of hydrogen-bond acceptors (Lipinski definition) is 6. The molecule has 0 spiro atoms. The number of fused-ring (bicyclic) bond motifs is 1. The summed E-state index contributed by atoms with van der Waals surface area (Å²) in [7, 11) is 0. The highest BCUT2D eigenvalue weighted by Gasteiger charge is 2.22. The van der Waals surface area contributed by atoms with Crippen LogP contribution >= 0.6 is 11.3 Å². The van der Waals surface area contributed by atoms with E-state index in [-0.39, 0.29) is 11.9 Å². The van der Waals surface area contributed by atoms with Gasteiger partial charge in [0.2, 0.25) is 0 Å². The van der Waals surface area contributed by atoms with Crippen LogP contribution in [-0.2, 0) is 4.74 Å². The van der Waals surface area contributed by atoms with Crippen LogP contribution in [0.4, 0.5) is 5.00 Å². The van der Waals surface area contributed by atoms with Crippen molar-refractivity contribution in [3.05, 3.63) is 29.1 Å². The van der Waals surface area contributed by atoms with Crippen molar-refractivity contribution in [2.24, 2.45) is 5.92 Å². The second-order valence-corrected chi connectivity index (χ2v) is 6.65.